The summed E-state index contributed by atoms with van der Waals surface area (Å²) in [6.45, 7) is 0.447. The van der Waals surface area contributed by atoms with Crippen LogP contribution in [0.5, 0.6) is 0 Å². The molecule has 0 aliphatic heterocycles. The van der Waals surface area contributed by atoms with Crippen molar-refractivity contribution in [2.75, 3.05) is 5.73 Å². The third-order valence-corrected chi connectivity index (χ3v) is 2.53. The van der Waals surface area contributed by atoms with Crippen molar-refractivity contribution in [1.82, 2.24) is 14.8 Å². The Morgan fingerprint density at radius 1 is 1.60 bits per heavy atom. The van der Waals surface area contributed by atoms with Crippen LogP contribution in [-0.4, -0.2) is 19.7 Å². The summed E-state index contributed by atoms with van der Waals surface area (Å²) in [5, 5.41) is 14.7. The van der Waals surface area contributed by atoms with Crippen LogP contribution in [0.2, 0.25) is 0 Å². The van der Waals surface area contributed by atoms with Gasteiger partial charge in [-0.05, 0) is 0 Å². The molecule has 2 aromatic heterocycles. The second kappa shape index (κ2) is 3.65. The maximum Gasteiger partial charge on any atom is 0.307 e. The van der Waals surface area contributed by atoms with E-state index in [-0.39, 0.29) is 5.69 Å². The molecule has 0 spiro atoms. The van der Waals surface area contributed by atoms with Crippen LogP contribution < -0.4 is 5.73 Å². The predicted molar refractivity (Wildman–Crippen MR) is 54.5 cm³/mol. The molecule has 2 rings (SSSR count). The van der Waals surface area contributed by atoms with E-state index in [1.54, 1.807) is 6.20 Å². The molecule has 2 N–H and O–H groups in total. The number of hydrogen-bond acceptors (Lipinski definition) is 6. The molecule has 2 heterocycles. The van der Waals surface area contributed by atoms with Crippen LogP contribution in [0.25, 0.3) is 0 Å². The second-order valence-electron chi connectivity index (χ2n) is 2.82. The van der Waals surface area contributed by atoms with E-state index < -0.39 is 4.92 Å². The molecule has 0 saturated carbocycles. The molecule has 78 valence electrons. The van der Waals surface area contributed by atoms with Crippen LogP contribution >= 0.6 is 11.3 Å². The number of nitrogen functional groups attached to an aromatic ring is 1. The number of nitro groups is 1. The predicted octanol–water partition coefficient (Wildman–Crippen LogP) is 0.878. The highest BCUT2D eigenvalue weighted by Crippen LogP contribution is 2.16. The summed E-state index contributed by atoms with van der Waals surface area (Å²) in [6.07, 6.45) is 4.22. The minimum absolute atomic E-state index is 0.0208. The lowest BCUT2D eigenvalue weighted by atomic mass is 10.5. The lowest BCUT2D eigenvalue weighted by molar-refractivity contribution is -0.385. The molecule has 0 bridgehead atoms. The van der Waals surface area contributed by atoms with Crippen molar-refractivity contribution in [3.63, 3.8) is 0 Å². The van der Waals surface area contributed by atoms with E-state index in [4.69, 9.17) is 5.73 Å². The highest BCUT2D eigenvalue weighted by atomic mass is 32.1. The van der Waals surface area contributed by atoms with Gasteiger partial charge in [-0.3, -0.25) is 14.8 Å². The van der Waals surface area contributed by atoms with Gasteiger partial charge < -0.3 is 5.73 Å². The Kier molecular flexibility index (Phi) is 2.34. The number of anilines is 1. The summed E-state index contributed by atoms with van der Waals surface area (Å²) in [6, 6.07) is 0. The fourth-order valence-electron chi connectivity index (χ4n) is 1.09. The Hall–Kier alpha value is -1.96. The maximum absolute atomic E-state index is 10.4. The Balaban J connectivity index is 2.14. The number of rotatable bonds is 3. The first-order chi connectivity index (χ1) is 7.15. The number of hydrogen-bond donors (Lipinski definition) is 1. The van der Waals surface area contributed by atoms with Crippen molar-refractivity contribution in [3.8, 4) is 0 Å². The van der Waals surface area contributed by atoms with E-state index >= 15 is 0 Å². The molecule has 0 aliphatic carbocycles. The second-order valence-corrected chi connectivity index (χ2v) is 3.96. The van der Waals surface area contributed by atoms with Gasteiger partial charge in [0.1, 0.15) is 12.4 Å². The summed E-state index contributed by atoms with van der Waals surface area (Å²) in [7, 11) is 0. The zero-order chi connectivity index (χ0) is 10.8. The summed E-state index contributed by atoms with van der Waals surface area (Å²) in [4.78, 5) is 14.7. The van der Waals surface area contributed by atoms with Crippen LogP contribution in [0.3, 0.4) is 0 Å². The van der Waals surface area contributed by atoms with Crippen LogP contribution in [0, 0.1) is 10.1 Å². The van der Waals surface area contributed by atoms with Crippen molar-refractivity contribution in [2.45, 2.75) is 6.54 Å². The van der Waals surface area contributed by atoms with Gasteiger partial charge in [-0.15, -0.1) is 11.3 Å². The van der Waals surface area contributed by atoms with Gasteiger partial charge in [0.15, 0.2) is 5.13 Å². The lowest BCUT2D eigenvalue weighted by Crippen LogP contribution is -1.97. The van der Waals surface area contributed by atoms with Crippen molar-refractivity contribution in [3.05, 3.63) is 33.6 Å². The Bertz CT molecular complexity index is 491. The molecular weight excluding hydrogens is 218 g/mol. The lowest BCUT2D eigenvalue weighted by Gasteiger charge is -1.94. The molecule has 0 unspecified atom stereocenters. The number of nitrogens with zero attached hydrogens (tertiary/aromatic N) is 4. The third kappa shape index (κ3) is 2.10. The molecule has 0 radical (unpaired) electrons. The van der Waals surface area contributed by atoms with Gasteiger partial charge in [0.25, 0.3) is 0 Å². The molecule has 2 aromatic rings. The molecule has 7 nitrogen and oxygen atoms in total. The van der Waals surface area contributed by atoms with Crippen molar-refractivity contribution in [1.29, 1.82) is 0 Å². The fourth-order valence-corrected chi connectivity index (χ4v) is 1.77. The standard InChI is InChI=1S/C7H7N5O2S/c8-7-9-2-6(15-7)4-11-3-5(1-10-11)12(13)14/h1-3H,4H2,(H2,8,9). The zero-order valence-electron chi connectivity index (χ0n) is 7.53. The van der Waals surface area contributed by atoms with Gasteiger partial charge in [0, 0.05) is 11.1 Å². The molecule has 0 aliphatic rings. The van der Waals surface area contributed by atoms with Gasteiger partial charge in [-0.25, -0.2) is 4.98 Å². The van der Waals surface area contributed by atoms with Crippen LogP contribution in [-0.2, 0) is 6.54 Å². The minimum atomic E-state index is -0.482. The van der Waals surface area contributed by atoms with Gasteiger partial charge in [0.05, 0.1) is 11.5 Å². The normalized spacial score (nSPS) is 10.4. The van der Waals surface area contributed by atoms with E-state index in [2.05, 4.69) is 10.1 Å². The highest BCUT2D eigenvalue weighted by molar-refractivity contribution is 7.15. The fraction of sp³-hybridized carbons (Fsp3) is 0.143. The van der Waals surface area contributed by atoms with Gasteiger partial charge in [0.2, 0.25) is 0 Å². The number of thiazole rings is 1. The molecule has 0 saturated heterocycles. The Morgan fingerprint density at radius 3 is 2.93 bits per heavy atom. The average Bonchev–Trinajstić information content (AvgIpc) is 2.76. The molecule has 0 atom stereocenters. The van der Waals surface area contributed by atoms with E-state index in [0.29, 0.717) is 11.7 Å². The zero-order valence-corrected chi connectivity index (χ0v) is 8.35. The topological polar surface area (TPSA) is 99.9 Å². The SMILES string of the molecule is Nc1ncc(Cn2cc([N+](=O)[O-])cn2)s1. The molecule has 15 heavy (non-hydrogen) atoms. The number of nitrogens with two attached hydrogens (primary N) is 1. The van der Waals surface area contributed by atoms with E-state index in [1.807, 2.05) is 0 Å². The van der Waals surface area contributed by atoms with Gasteiger partial charge in [-0.1, -0.05) is 0 Å². The summed E-state index contributed by atoms with van der Waals surface area (Å²) in [5.41, 5.74) is 5.43. The Labute approximate surface area is 88.3 Å². The average molecular weight is 225 g/mol. The quantitative estimate of drug-likeness (QED) is 0.617. The van der Waals surface area contributed by atoms with Crippen LogP contribution in [0.4, 0.5) is 10.8 Å². The maximum atomic E-state index is 10.4. The molecular formula is C7H7N5O2S. The summed E-state index contributed by atoms with van der Waals surface area (Å²) in [5.74, 6) is 0. The highest BCUT2D eigenvalue weighted by Gasteiger charge is 2.09. The van der Waals surface area contributed by atoms with E-state index in [9.17, 15) is 10.1 Å². The van der Waals surface area contributed by atoms with Crippen LogP contribution in [0.1, 0.15) is 4.88 Å². The minimum Gasteiger partial charge on any atom is -0.375 e. The number of aromatic nitrogens is 3. The van der Waals surface area contributed by atoms with Gasteiger partial charge >= 0.3 is 5.69 Å². The molecule has 0 fully saturated rings. The van der Waals surface area contributed by atoms with Crippen molar-refractivity contribution in [2.24, 2.45) is 0 Å². The largest absolute Gasteiger partial charge is 0.375 e. The summed E-state index contributed by atoms with van der Waals surface area (Å²) >= 11 is 1.34. The first-order valence-electron chi connectivity index (χ1n) is 4.02. The van der Waals surface area contributed by atoms with Gasteiger partial charge in [-0.2, -0.15) is 5.10 Å². The van der Waals surface area contributed by atoms with Crippen LogP contribution in [0.15, 0.2) is 18.6 Å². The smallest absolute Gasteiger partial charge is 0.307 e. The molecule has 0 amide bonds. The monoisotopic (exact) mass is 225 g/mol. The van der Waals surface area contributed by atoms with Crippen molar-refractivity contribution >= 4 is 22.2 Å². The van der Waals surface area contributed by atoms with E-state index in [1.165, 1.54) is 28.4 Å². The molecule has 0 aromatic carbocycles. The van der Waals surface area contributed by atoms with Crippen molar-refractivity contribution < 1.29 is 4.92 Å². The first-order valence-corrected chi connectivity index (χ1v) is 4.84. The van der Waals surface area contributed by atoms with E-state index in [0.717, 1.165) is 4.88 Å². The first kappa shape index (κ1) is 9.59. The molecule has 8 heteroatoms. The Morgan fingerprint density at radius 2 is 2.40 bits per heavy atom. The summed E-state index contributed by atoms with van der Waals surface area (Å²) < 4.78 is 1.48. The third-order valence-electron chi connectivity index (χ3n) is 1.72.